The van der Waals surface area contributed by atoms with Crippen LogP contribution < -0.4 is 4.90 Å². The van der Waals surface area contributed by atoms with E-state index in [1.807, 2.05) is 0 Å². The first-order chi connectivity index (χ1) is 10.0. The average Bonchev–Trinajstić information content (AvgIpc) is 2.97. The van der Waals surface area contributed by atoms with Crippen molar-refractivity contribution < 1.29 is 14.0 Å². The van der Waals surface area contributed by atoms with Crippen LogP contribution in [0, 0.1) is 0 Å². The highest BCUT2D eigenvalue weighted by Gasteiger charge is 2.38. The van der Waals surface area contributed by atoms with Gasteiger partial charge in [-0.1, -0.05) is 25.0 Å². The van der Waals surface area contributed by atoms with E-state index in [0.29, 0.717) is 30.6 Å². The summed E-state index contributed by atoms with van der Waals surface area (Å²) in [7, 11) is 1.79. The Morgan fingerprint density at radius 2 is 1.90 bits per heavy atom. The van der Waals surface area contributed by atoms with Crippen LogP contribution in [0.2, 0.25) is 0 Å². The molecule has 0 bridgehead atoms. The molecule has 0 N–H and O–H groups in total. The zero-order valence-corrected chi connectivity index (χ0v) is 12.1. The highest BCUT2D eigenvalue weighted by molar-refractivity contribution is 6.52. The molecular formula is C16H19FN2O2. The van der Waals surface area contributed by atoms with Gasteiger partial charge in [-0.25, -0.2) is 4.39 Å². The molecule has 1 amide bonds. The summed E-state index contributed by atoms with van der Waals surface area (Å²) < 4.78 is 14.5. The van der Waals surface area contributed by atoms with Crippen molar-refractivity contribution in [3.8, 4) is 0 Å². The van der Waals surface area contributed by atoms with Crippen LogP contribution in [0.3, 0.4) is 0 Å². The van der Waals surface area contributed by atoms with E-state index in [1.54, 1.807) is 36.2 Å². The van der Waals surface area contributed by atoms with Crippen molar-refractivity contribution in [3.05, 3.63) is 29.8 Å². The Bertz CT molecular complexity index is 581. The van der Waals surface area contributed by atoms with Crippen molar-refractivity contribution in [1.29, 1.82) is 0 Å². The van der Waals surface area contributed by atoms with E-state index < -0.39 is 17.4 Å². The second kappa shape index (κ2) is 5.22. The number of alkyl halides is 1. The van der Waals surface area contributed by atoms with Crippen molar-refractivity contribution in [2.75, 3.05) is 25.2 Å². The normalized spacial score (nSPS) is 20.4. The van der Waals surface area contributed by atoms with Crippen LogP contribution >= 0.6 is 0 Å². The molecule has 1 aromatic rings. The van der Waals surface area contributed by atoms with E-state index in [9.17, 15) is 14.0 Å². The number of hydrogen-bond acceptors (Lipinski definition) is 3. The topological polar surface area (TPSA) is 40.6 Å². The average molecular weight is 290 g/mol. The van der Waals surface area contributed by atoms with Crippen molar-refractivity contribution in [3.63, 3.8) is 0 Å². The van der Waals surface area contributed by atoms with Gasteiger partial charge in [0.15, 0.2) is 0 Å². The number of ketones is 1. The molecule has 112 valence electrons. The smallest absolute Gasteiger partial charge is 0.291 e. The molecule has 0 saturated heterocycles. The fraction of sp³-hybridized carbons (Fsp3) is 0.500. The molecule has 0 atom stereocenters. The number of halogens is 1. The first-order valence-electron chi connectivity index (χ1n) is 7.33. The van der Waals surface area contributed by atoms with E-state index in [4.69, 9.17) is 0 Å². The second-order valence-electron chi connectivity index (χ2n) is 6.09. The zero-order chi connectivity index (χ0) is 15.0. The summed E-state index contributed by atoms with van der Waals surface area (Å²) in [5.41, 5.74) is -0.0912. The number of Topliss-reactive ketones (excluding diaryl/α,β-unsaturated/α-hetero) is 1. The fourth-order valence-electron chi connectivity index (χ4n) is 3.33. The Balaban J connectivity index is 1.73. The van der Waals surface area contributed by atoms with Gasteiger partial charge in [0.05, 0.1) is 17.9 Å². The standard InChI is InChI=1S/C16H19FN2O2/c1-18(10-16(17)8-4-5-9-16)11-19-13-7-3-2-6-12(13)14(20)15(19)21/h2-3,6-7H,4-5,8-11H2,1H3. The Kier molecular flexibility index (Phi) is 3.53. The number of nitrogens with zero attached hydrogens (tertiary/aromatic N) is 2. The molecule has 5 heteroatoms. The summed E-state index contributed by atoms with van der Waals surface area (Å²) in [6, 6.07) is 6.95. The van der Waals surface area contributed by atoms with Gasteiger partial charge in [0.1, 0.15) is 5.67 Å². The minimum absolute atomic E-state index is 0.243. The number of carbonyl (C=O) groups excluding carboxylic acids is 2. The lowest BCUT2D eigenvalue weighted by molar-refractivity contribution is -0.114. The molecule has 1 aromatic carbocycles. The molecule has 3 rings (SSSR count). The third-order valence-corrected chi connectivity index (χ3v) is 4.31. The highest BCUT2D eigenvalue weighted by atomic mass is 19.1. The van der Waals surface area contributed by atoms with Gasteiger partial charge in [-0.15, -0.1) is 0 Å². The summed E-state index contributed by atoms with van der Waals surface area (Å²) in [4.78, 5) is 27.2. The Morgan fingerprint density at radius 1 is 1.24 bits per heavy atom. The molecule has 21 heavy (non-hydrogen) atoms. The summed E-state index contributed by atoms with van der Waals surface area (Å²) in [5.74, 6) is -1.00. The maximum atomic E-state index is 14.5. The molecule has 0 aromatic heterocycles. The van der Waals surface area contributed by atoms with Gasteiger partial charge >= 0.3 is 5.91 Å². The van der Waals surface area contributed by atoms with Gasteiger partial charge in [-0.3, -0.25) is 19.4 Å². The van der Waals surface area contributed by atoms with Crippen LogP contribution in [-0.4, -0.2) is 42.5 Å². The number of para-hydroxylation sites is 1. The lowest BCUT2D eigenvalue weighted by Gasteiger charge is -2.29. The molecule has 1 aliphatic heterocycles. The lowest BCUT2D eigenvalue weighted by atomic mass is 10.0. The van der Waals surface area contributed by atoms with Crippen molar-refractivity contribution in [1.82, 2.24) is 4.90 Å². The summed E-state index contributed by atoms with van der Waals surface area (Å²) in [6.45, 7) is 0.542. The molecule has 4 nitrogen and oxygen atoms in total. The van der Waals surface area contributed by atoms with E-state index in [2.05, 4.69) is 0 Å². The van der Waals surface area contributed by atoms with E-state index in [1.165, 1.54) is 4.90 Å². The first-order valence-corrected chi connectivity index (χ1v) is 7.33. The molecule has 0 spiro atoms. The van der Waals surface area contributed by atoms with E-state index in [-0.39, 0.29) is 6.67 Å². The van der Waals surface area contributed by atoms with Gasteiger partial charge in [0, 0.05) is 6.54 Å². The molecule has 1 heterocycles. The quantitative estimate of drug-likeness (QED) is 0.799. The summed E-state index contributed by atoms with van der Waals surface area (Å²) in [5, 5.41) is 0. The van der Waals surface area contributed by atoms with Gasteiger partial charge in [0.2, 0.25) is 0 Å². The van der Waals surface area contributed by atoms with Crippen molar-refractivity contribution >= 4 is 17.4 Å². The SMILES string of the molecule is CN(CN1C(=O)C(=O)c2ccccc21)CC1(F)CCCC1. The Morgan fingerprint density at radius 3 is 2.62 bits per heavy atom. The van der Waals surface area contributed by atoms with Gasteiger partial charge < -0.3 is 0 Å². The van der Waals surface area contributed by atoms with Crippen LogP contribution in [0.15, 0.2) is 24.3 Å². The Labute approximate surface area is 123 Å². The molecular weight excluding hydrogens is 271 g/mol. The molecule has 1 aliphatic carbocycles. The number of anilines is 1. The highest BCUT2D eigenvalue weighted by Crippen LogP contribution is 2.34. The maximum Gasteiger partial charge on any atom is 0.300 e. The van der Waals surface area contributed by atoms with Gasteiger partial charge in [0.25, 0.3) is 5.78 Å². The number of amides is 1. The lowest BCUT2D eigenvalue weighted by Crippen LogP contribution is -2.44. The van der Waals surface area contributed by atoms with Gasteiger partial charge in [-0.2, -0.15) is 0 Å². The number of benzene rings is 1. The van der Waals surface area contributed by atoms with E-state index in [0.717, 1.165) is 12.8 Å². The Hall–Kier alpha value is -1.75. The zero-order valence-electron chi connectivity index (χ0n) is 12.1. The third-order valence-electron chi connectivity index (χ3n) is 4.31. The second-order valence-corrected chi connectivity index (χ2v) is 6.09. The van der Waals surface area contributed by atoms with Crippen LogP contribution in [0.1, 0.15) is 36.0 Å². The summed E-state index contributed by atoms with van der Waals surface area (Å²) >= 11 is 0. The largest absolute Gasteiger partial charge is 0.300 e. The number of hydrogen-bond donors (Lipinski definition) is 0. The predicted molar refractivity (Wildman–Crippen MR) is 78.1 cm³/mol. The molecule has 0 unspecified atom stereocenters. The van der Waals surface area contributed by atoms with Crippen LogP contribution in [0.5, 0.6) is 0 Å². The monoisotopic (exact) mass is 290 g/mol. The minimum atomic E-state index is -1.15. The summed E-state index contributed by atoms with van der Waals surface area (Å²) in [6.07, 6.45) is 3.02. The number of carbonyl (C=O) groups is 2. The molecule has 1 fully saturated rings. The number of rotatable bonds is 4. The number of fused-ring (bicyclic) bond motifs is 1. The fourth-order valence-corrected chi connectivity index (χ4v) is 3.33. The molecule has 1 saturated carbocycles. The minimum Gasteiger partial charge on any atom is -0.291 e. The van der Waals surface area contributed by atoms with Crippen LogP contribution in [0.4, 0.5) is 10.1 Å². The van der Waals surface area contributed by atoms with E-state index >= 15 is 0 Å². The van der Waals surface area contributed by atoms with Crippen molar-refractivity contribution in [2.45, 2.75) is 31.4 Å². The van der Waals surface area contributed by atoms with Crippen LogP contribution in [0.25, 0.3) is 0 Å². The third kappa shape index (κ3) is 2.58. The predicted octanol–water partition coefficient (Wildman–Crippen LogP) is 2.39. The molecule has 0 radical (unpaired) electrons. The first kappa shape index (κ1) is 14.2. The van der Waals surface area contributed by atoms with Gasteiger partial charge in [-0.05, 0) is 32.0 Å². The maximum absolute atomic E-state index is 14.5. The van der Waals surface area contributed by atoms with Crippen LogP contribution in [-0.2, 0) is 4.79 Å². The molecule has 2 aliphatic rings. The van der Waals surface area contributed by atoms with Crippen molar-refractivity contribution in [2.24, 2.45) is 0 Å².